The number of halogens is 2. The minimum absolute atomic E-state index is 0.116. The Morgan fingerprint density at radius 1 is 1.40 bits per heavy atom. The molecule has 0 bridgehead atoms. The van der Waals surface area contributed by atoms with Gasteiger partial charge in [-0.25, -0.2) is 0 Å². The molecule has 2 aliphatic rings. The second-order valence-electron chi connectivity index (χ2n) is 6.56. The number of carboxylic acid groups (broad SMARTS) is 1. The zero-order valence-corrected chi connectivity index (χ0v) is 15.6. The van der Waals surface area contributed by atoms with E-state index in [0.29, 0.717) is 34.5 Å². The highest BCUT2D eigenvalue weighted by atomic mass is 35.5. The van der Waals surface area contributed by atoms with Crippen molar-refractivity contribution in [2.75, 3.05) is 26.2 Å². The van der Waals surface area contributed by atoms with Crippen LogP contribution in [0.1, 0.15) is 25.3 Å². The summed E-state index contributed by atoms with van der Waals surface area (Å²) in [4.78, 5) is 12.9. The number of carbonyl (C=O) groups is 1. The molecule has 2 N–H and O–H groups in total. The Kier molecular flexibility index (Phi) is 5.89. The lowest BCUT2D eigenvalue weighted by Crippen LogP contribution is -2.54. The summed E-state index contributed by atoms with van der Waals surface area (Å²) in [6, 6.07) is 4.31. The molecule has 0 spiro atoms. The summed E-state index contributed by atoms with van der Waals surface area (Å²) in [6.07, 6.45) is 4.02. The van der Waals surface area contributed by atoms with Crippen molar-refractivity contribution in [1.29, 1.82) is 0 Å². The van der Waals surface area contributed by atoms with E-state index in [4.69, 9.17) is 33.0 Å². The van der Waals surface area contributed by atoms with Crippen LogP contribution in [0.15, 0.2) is 17.7 Å². The van der Waals surface area contributed by atoms with E-state index in [0.717, 1.165) is 37.1 Å². The number of ether oxygens (including phenoxy) is 1. The van der Waals surface area contributed by atoms with Gasteiger partial charge in [-0.3, -0.25) is 9.69 Å². The number of carboxylic acids is 1. The first-order chi connectivity index (χ1) is 12.0. The van der Waals surface area contributed by atoms with Crippen LogP contribution < -0.4 is 10.1 Å². The van der Waals surface area contributed by atoms with Crippen LogP contribution in [0.2, 0.25) is 10.0 Å². The zero-order valence-electron chi connectivity index (χ0n) is 14.1. The lowest BCUT2D eigenvalue weighted by Gasteiger charge is -2.42. The number of hydrogen-bond acceptors (Lipinski definition) is 4. The Morgan fingerprint density at radius 2 is 2.16 bits per heavy atom. The maximum atomic E-state index is 10.9. The molecule has 25 heavy (non-hydrogen) atoms. The van der Waals surface area contributed by atoms with Crippen LogP contribution in [-0.4, -0.2) is 54.3 Å². The summed E-state index contributed by atoms with van der Waals surface area (Å²) in [6.45, 7) is 4.14. The first kappa shape index (κ1) is 18.5. The monoisotopic (exact) mass is 384 g/mol. The van der Waals surface area contributed by atoms with Gasteiger partial charge in [0.1, 0.15) is 12.4 Å². The van der Waals surface area contributed by atoms with Gasteiger partial charge in [-0.15, -0.1) is 0 Å². The van der Waals surface area contributed by atoms with Gasteiger partial charge in [-0.1, -0.05) is 30.1 Å². The van der Waals surface area contributed by atoms with E-state index in [2.05, 4.69) is 11.4 Å². The summed E-state index contributed by atoms with van der Waals surface area (Å²) in [7, 11) is 0. The highest BCUT2D eigenvalue weighted by molar-refractivity contribution is 6.36. The topological polar surface area (TPSA) is 61.8 Å². The predicted molar refractivity (Wildman–Crippen MR) is 99.6 cm³/mol. The van der Waals surface area contributed by atoms with Crippen LogP contribution in [0.5, 0.6) is 5.75 Å². The molecule has 1 fully saturated rings. The molecule has 0 unspecified atom stereocenters. The normalized spacial score (nSPS) is 22.0. The highest BCUT2D eigenvalue weighted by Crippen LogP contribution is 2.36. The van der Waals surface area contributed by atoms with E-state index >= 15 is 0 Å². The summed E-state index contributed by atoms with van der Waals surface area (Å²) in [5, 5.41) is 13.6. The minimum atomic E-state index is -0.765. The molecule has 1 aliphatic carbocycles. The van der Waals surface area contributed by atoms with Crippen molar-refractivity contribution in [3.63, 3.8) is 0 Å². The van der Waals surface area contributed by atoms with Crippen LogP contribution in [0.25, 0.3) is 6.08 Å². The first-order valence-electron chi connectivity index (χ1n) is 8.46. The molecule has 1 aromatic rings. The lowest BCUT2D eigenvalue weighted by atomic mass is 9.85. The molecule has 1 heterocycles. The van der Waals surface area contributed by atoms with Gasteiger partial charge in [0.2, 0.25) is 0 Å². The smallest absolute Gasteiger partial charge is 0.317 e. The van der Waals surface area contributed by atoms with Crippen molar-refractivity contribution in [3.05, 3.63) is 33.3 Å². The largest absolute Gasteiger partial charge is 0.487 e. The summed E-state index contributed by atoms with van der Waals surface area (Å²) in [5.74, 6) is -0.0791. The summed E-state index contributed by atoms with van der Waals surface area (Å²) >= 11 is 12.2. The minimum Gasteiger partial charge on any atom is -0.487 e. The number of likely N-dealkylation sites (N-methyl/N-ethyl adjacent to an activating group) is 1. The van der Waals surface area contributed by atoms with Crippen LogP contribution in [0.3, 0.4) is 0 Å². The van der Waals surface area contributed by atoms with Gasteiger partial charge in [-0.2, -0.15) is 0 Å². The molecule has 3 rings (SSSR count). The average Bonchev–Trinajstić information content (AvgIpc) is 2.51. The van der Waals surface area contributed by atoms with Crippen molar-refractivity contribution in [3.8, 4) is 5.75 Å². The number of benzene rings is 1. The van der Waals surface area contributed by atoms with Crippen molar-refractivity contribution in [2.24, 2.45) is 0 Å². The summed E-state index contributed by atoms with van der Waals surface area (Å²) < 4.78 is 5.75. The van der Waals surface area contributed by atoms with Crippen molar-refractivity contribution < 1.29 is 14.6 Å². The van der Waals surface area contributed by atoms with Crippen LogP contribution in [0.4, 0.5) is 0 Å². The Hall–Kier alpha value is -1.27. The molecule has 0 saturated heterocycles. The van der Waals surface area contributed by atoms with Crippen LogP contribution in [-0.2, 0) is 4.79 Å². The van der Waals surface area contributed by atoms with Gasteiger partial charge in [0.05, 0.1) is 11.6 Å². The third-order valence-corrected chi connectivity index (χ3v) is 5.29. The molecule has 7 heteroatoms. The Bertz CT molecular complexity index is 687. The first-order valence-corrected chi connectivity index (χ1v) is 9.22. The lowest BCUT2D eigenvalue weighted by molar-refractivity contribution is -0.139. The molecule has 0 amide bonds. The van der Waals surface area contributed by atoms with E-state index in [1.165, 1.54) is 0 Å². The van der Waals surface area contributed by atoms with Crippen LogP contribution >= 0.6 is 23.2 Å². The number of aliphatic carboxylic acids is 1. The fraction of sp³-hybridized carbons (Fsp3) is 0.500. The van der Waals surface area contributed by atoms with Crippen molar-refractivity contribution in [1.82, 2.24) is 10.2 Å². The highest BCUT2D eigenvalue weighted by Gasteiger charge is 2.33. The SMILES string of the molecule is CCN(CC(=O)O)C1CC(NCC2=Cc3cc(Cl)cc(Cl)c3OC2)C1. The van der Waals surface area contributed by atoms with E-state index in [9.17, 15) is 4.79 Å². The molecule has 136 valence electrons. The Labute approximate surface area is 157 Å². The fourth-order valence-corrected chi connectivity index (χ4v) is 3.93. The Morgan fingerprint density at radius 3 is 2.84 bits per heavy atom. The molecule has 5 nitrogen and oxygen atoms in total. The fourth-order valence-electron chi connectivity index (χ4n) is 3.37. The molecule has 0 aromatic heterocycles. The van der Waals surface area contributed by atoms with Gasteiger partial charge >= 0.3 is 5.97 Å². The quantitative estimate of drug-likeness (QED) is 0.754. The molecular formula is C18H22Cl2N2O3. The van der Waals surface area contributed by atoms with E-state index in [1.54, 1.807) is 6.07 Å². The van der Waals surface area contributed by atoms with Gasteiger partial charge in [-0.05, 0) is 43.2 Å². The average molecular weight is 385 g/mol. The molecule has 1 aliphatic heterocycles. The molecule has 0 radical (unpaired) electrons. The van der Waals surface area contributed by atoms with Crippen LogP contribution in [0, 0.1) is 0 Å². The molecule has 1 saturated carbocycles. The maximum Gasteiger partial charge on any atom is 0.317 e. The van der Waals surface area contributed by atoms with E-state index in [1.807, 2.05) is 17.9 Å². The zero-order chi connectivity index (χ0) is 18.0. The predicted octanol–water partition coefficient (Wildman–Crippen LogP) is 3.30. The number of hydrogen-bond donors (Lipinski definition) is 2. The van der Waals surface area contributed by atoms with Gasteiger partial charge in [0.15, 0.2) is 0 Å². The number of nitrogens with zero attached hydrogens (tertiary/aromatic N) is 1. The van der Waals surface area contributed by atoms with Crippen molar-refractivity contribution >= 4 is 35.2 Å². The molecule has 0 atom stereocenters. The van der Waals surface area contributed by atoms with E-state index in [-0.39, 0.29) is 6.54 Å². The molecule has 1 aromatic carbocycles. The van der Waals surface area contributed by atoms with Gasteiger partial charge in [0.25, 0.3) is 0 Å². The second kappa shape index (κ2) is 7.96. The van der Waals surface area contributed by atoms with Crippen molar-refractivity contribution in [2.45, 2.75) is 31.8 Å². The van der Waals surface area contributed by atoms with E-state index < -0.39 is 5.97 Å². The number of nitrogens with one attached hydrogen (secondary N) is 1. The van der Waals surface area contributed by atoms with Gasteiger partial charge < -0.3 is 15.2 Å². The molecular weight excluding hydrogens is 363 g/mol. The Balaban J connectivity index is 1.51. The number of rotatable bonds is 7. The third kappa shape index (κ3) is 4.47. The second-order valence-corrected chi connectivity index (χ2v) is 7.40. The third-order valence-electron chi connectivity index (χ3n) is 4.79. The van der Waals surface area contributed by atoms with Gasteiger partial charge in [0, 0.05) is 29.2 Å². The summed E-state index contributed by atoms with van der Waals surface area (Å²) in [5.41, 5.74) is 2.05. The maximum absolute atomic E-state index is 10.9. The standard InChI is InChI=1S/C18H22Cl2N2O3/c1-2-22(9-17(23)24)15-6-14(7-15)21-8-11-3-12-4-13(19)5-16(20)18(12)25-10-11/h3-5,14-15,21H,2,6-10H2,1H3,(H,23,24). The number of fused-ring (bicyclic) bond motifs is 1.